The van der Waals surface area contributed by atoms with Crippen LogP contribution in [0.4, 0.5) is 5.69 Å². The fourth-order valence-electron chi connectivity index (χ4n) is 2.68. The molecule has 1 aromatic heterocycles. The molecule has 1 heterocycles. The number of aromatic amines is 1. The molecule has 2 rings (SSSR count). The predicted octanol–water partition coefficient (Wildman–Crippen LogP) is 3.50. The predicted molar refractivity (Wildman–Crippen MR) is 104 cm³/mol. The van der Waals surface area contributed by atoms with Gasteiger partial charge in [0.25, 0.3) is 5.56 Å². The van der Waals surface area contributed by atoms with Crippen molar-refractivity contribution in [1.29, 1.82) is 0 Å². The van der Waals surface area contributed by atoms with E-state index in [2.05, 4.69) is 29.1 Å². The van der Waals surface area contributed by atoms with Crippen LogP contribution in [-0.4, -0.2) is 21.6 Å². The number of carbonyl (C=O) groups is 1. The van der Waals surface area contributed by atoms with Gasteiger partial charge in [-0.2, -0.15) is 0 Å². The van der Waals surface area contributed by atoms with Crippen molar-refractivity contribution in [3.8, 4) is 0 Å². The number of anilines is 1. The van der Waals surface area contributed by atoms with Crippen molar-refractivity contribution in [3.05, 3.63) is 50.9 Å². The first-order valence-electron chi connectivity index (χ1n) is 8.63. The van der Waals surface area contributed by atoms with Crippen molar-refractivity contribution in [3.63, 3.8) is 0 Å². The Kier molecular flexibility index (Phi) is 6.82. The molecule has 0 fully saturated rings. The summed E-state index contributed by atoms with van der Waals surface area (Å²) in [5.74, 6) is 0.109. The molecule has 0 unspecified atom stereocenters. The molecule has 2 aromatic rings. The molecule has 0 spiro atoms. The molecule has 5 nitrogen and oxygen atoms in total. The van der Waals surface area contributed by atoms with Gasteiger partial charge in [-0.25, -0.2) is 4.98 Å². The molecule has 1 aromatic carbocycles. The summed E-state index contributed by atoms with van der Waals surface area (Å²) in [6.45, 7) is 7.88. The summed E-state index contributed by atoms with van der Waals surface area (Å²) in [4.78, 5) is 31.4. The van der Waals surface area contributed by atoms with Crippen molar-refractivity contribution in [2.24, 2.45) is 0 Å². The molecule has 0 aliphatic rings. The average molecular weight is 359 g/mol. The van der Waals surface area contributed by atoms with E-state index >= 15 is 0 Å². The van der Waals surface area contributed by atoms with Crippen LogP contribution < -0.4 is 10.9 Å². The SMILES string of the molecule is CCc1cccc(CC)c1NC(=O)CSc1nc(CC)c(C)c(=O)[nH]1. The zero-order chi connectivity index (χ0) is 18.4. The first-order valence-corrected chi connectivity index (χ1v) is 9.61. The number of hydrogen-bond donors (Lipinski definition) is 2. The minimum atomic E-state index is -0.139. The van der Waals surface area contributed by atoms with Gasteiger partial charge in [-0.3, -0.25) is 9.59 Å². The fourth-order valence-corrected chi connectivity index (χ4v) is 3.36. The first kappa shape index (κ1) is 19.2. The van der Waals surface area contributed by atoms with Crippen molar-refractivity contribution >= 4 is 23.4 Å². The van der Waals surface area contributed by atoms with Crippen LogP contribution in [0, 0.1) is 6.92 Å². The van der Waals surface area contributed by atoms with Gasteiger partial charge in [0.2, 0.25) is 5.91 Å². The highest BCUT2D eigenvalue weighted by molar-refractivity contribution is 7.99. The summed E-state index contributed by atoms with van der Waals surface area (Å²) in [5, 5.41) is 3.51. The number of nitrogens with one attached hydrogen (secondary N) is 2. The third kappa shape index (κ3) is 4.72. The van der Waals surface area contributed by atoms with Gasteiger partial charge in [0.15, 0.2) is 5.16 Å². The average Bonchev–Trinajstić information content (AvgIpc) is 2.62. The molecule has 134 valence electrons. The fraction of sp³-hybridized carbons (Fsp3) is 0.421. The van der Waals surface area contributed by atoms with Crippen LogP contribution in [0.1, 0.15) is 43.2 Å². The van der Waals surface area contributed by atoms with Crippen LogP contribution in [0.3, 0.4) is 0 Å². The third-order valence-corrected chi connectivity index (χ3v) is 5.04. The smallest absolute Gasteiger partial charge is 0.254 e. The second-order valence-electron chi connectivity index (χ2n) is 5.79. The second kappa shape index (κ2) is 8.85. The number of amides is 1. The summed E-state index contributed by atoms with van der Waals surface area (Å²) in [6.07, 6.45) is 2.42. The number of H-pyrrole nitrogens is 1. The number of benzene rings is 1. The second-order valence-corrected chi connectivity index (χ2v) is 6.76. The maximum Gasteiger partial charge on any atom is 0.254 e. The number of carbonyl (C=O) groups excluding carboxylic acids is 1. The van der Waals surface area contributed by atoms with Crippen LogP contribution in [0.15, 0.2) is 28.2 Å². The number of thioether (sulfide) groups is 1. The Morgan fingerprint density at radius 2 is 1.80 bits per heavy atom. The number of para-hydroxylation sites is 1. The minimum absolute atomic E-state index is 0.0955. The number of aryl methyl sites for hydroxylation is 3. The highest BCUT2D eigenvalue weighted by atomic mass is 32.2. The van der Waals surface area contributed by atoms with E-state index in [0.29, 0.717) is 17.1 Å². The van der Waals surface area contributed by atoms with Crippen LogP contribution in [-0.2, 0) is 24.1 Å². The lowest BCUT2D eigenvalue weighted by Crippen LogP contribution is -2.19. The van der Waals surface area contributed by atoms with Gasteiger partial charge in [0.1, 0.15) is 0 Å². The van der Waals surface area contributed by atoms with E-state index in [-0.39, 0.29) is 17.2 Å². The molecule has 0 atom stereocenters. The van der Waals surface area contributed by atoms with Gasteiger partial charge in [-0.1, -0.05) is 50.7 Å². The Bertz CT molecular complexity index is 793. The van der Waals surface area contributed by atoms with Crippen molar-refractivity contribution in [2.75, 3.05) is 11.1 Å². The standard InChI is InChI=1S/C19H25N3O2S/c1-5-13-9-8-10-14(6-2)17(13)21-16(23)11-25-19-20-15(7-3)12(4)18(24)22-19/h8-10H,5-7,11H2,1-4H3,(H,21,23)(H,20,22,24). The van der Waals surface area contributed by atoms with Gasteiger partial charge < -0.3 is 10.3 Å². The number of aromatic nitrogens is 2. The maximum atomic E-state index is 12.4. The van der Waals surface area contributed by atoms with Gasteiger partial charge in [-0.05, 0) is 37.3 Å². The lowest BCUT2D eigenvalue weighted by Gasteiger charge is -2.14. The monoisotopic (exact) mass is 359 g/mol. The Morgan fingerprint density at radius 1 is 1.16 bits per heavy atom. The van der Waals surface area contributed by atoms with Crippen LogP contribution >= 0.6 is 11.8 Å². The van der Waals surface area contributed by atoms with E-state index < -0.39 is 0 Å². The molecule has 25 heavy (non-hydrogen) atoms. The summed E-state index contributed by atoms with van der Waals surface area (Å²) >= 11 is 1.25. The first-order chi connectivity index (χ1) is 12.0. The number of rotatable bonds is 7. The Balaban J connectivity index is 2.10. The minimum Gasteiger partial charge on any atom is -0.325 e. The summed E-state index contributed by atoms with van der Waals surface area (Å²) in [7, 11) is 0. The van der Waals surface area contributed by atoms with Gasteiger partial charge in [0, 0.05) is 11.3 Å². The molecular formula is C19H25N3O2S. The normalized spacial score (nSPS) is 10.7. The van der Waals surface area contributed by atoms with E-state index in [1.807, 2.05) is 25.1 Å². The highest BCUT2D eigenvalue weighted by Crippen LogP contribution is 2.23. The van der Waals surface area contributed by atoms with Crippen molar-refractivity contribution in [1.82, 2.24) is 9.97 Å². The Hall–Kier alpha value is -2.08. The third-order valence-electron chi connectivity index (χ3n) is 4.17. The van der Waals surface area contributed by atoms with Gasteiger partial charge in [-0.15, -0.1) is 0 Å². The molecule has 0 saturated carbocycles. The molecule has 0 aliphatic carbocycles. The summed E-state index contributed by atoms with van der Waals surface area (Å²) in [5.41, 5.74) is 4.45. The van der Waals surface area contributed by atoms with E-state index in [4.69, 9.17) is 0 Å². The lowest BCUT2D eigenvalue weighted by atomic mass is 10.0. The van der Waals surface area contributed by atoms with E-state index in [9.17, 15) is 9.59 Å². The van der Waals surface area contributed by atoms with Crippen molar-refractivity contribution < 1.29 is 4.79 Å². The Morgan fingerprint density at radius 3 is 2.36 bits per heavy atom. The molecular weight excluding hydrogens is 334 g/mol. The highest BCUT2D eigenvalue weighted by Gasteiger charge is 2.12. The van der Waals surface area contributed by atoms with E-state index in [1.54, 1.807) is 6.92 Å². The summed E-state index contributed by atoms with van der Waals surface area (Å²) < 4.78 is 0. The molecule has 2 N–H and O–H groups in total. The zero-order valence-corrected chi connectivity index (χ0v) is 16.0. The number of nitrogens with zero attached hydrogens (tertiary/aromatic N) is 1. The van der Waals surface area contributed by atoms with Crippen LogP contribution in [0.2, 0.25) is 0 Å². The van der Waals surface area contributed by atoms with Gasteiger partial charge in [0.05, 0.1) is 11.4 Å². The molecule has 0 radical (unpaired) electrons. The summed E-state index contributed by atoms with van der Waals surface area (Å²) in [6, 6.07) is 6.10. The van der Waals surface area contributed by atoms with E-state index in [0.717, 1.165) is 35.3 Å². The molecule has 0 aliphatic heterocycles. The van der Waals surface area contributed by atoms with E-state index in [1.165, 1.54) is 11.8 Å². The molecule has 6 heteroatoms. The quantitative estimate of drug-likeness (QED) is 0.586. The molecule has 1 amide bonds. The van der Waals surface area contributed by atoms with Crippen molar-refractivity contribution in [2.45, 2.75) is 52.1 Å². The topological polar surface area (TPSA) is 74.8 Å². The molecule has 0 saturated heterocycles. The zero-order valence-electron chi connectivity index (χ0n) is 15.2. The largest absolute Gasteiger partial charge is 0.325 e. The van der Waals surface area contributed by atoms with Gasteiger partial charge >= 0.3 is 0 Å². The molecule has 0 bridgehead atoms. The maximum absolute atomic E-state index is 12.4. The lowest BCUT2D eigenvalue weighted by molar-refractivity contribution is -0.113. The van der Waals surface area contributed by atoms with Crippen LogP contribution in [0.25, 0.3) is 0 Å². The Labute approximate surface area is 152 Å². The number of hydrogen-bond acceptors (Lipinski definition) is 4. The van der Waals surface area contributed by atoms with Crippen LogP contribution in [0.5, 0.6) is 0 Å².